The summed E-state index contributed by atoms with van der Waals surface area (Å²) < 4.78 is 23.2. The molecule has 2 rings (SSSR count). The van der Waals surface area contributed by atoms with Crippen LogP contribution in [0.4, 0.5) is 4.79 Å². The first-order chi connectivity index (χ1) is 14.5. The summed E-state index contributed by atoms with van der Waals surface area (Å²) in [5.41, 5.74) is -1.17. The highest BCUT2D eigenvalue weighted by Crippen LogP contribution is 2.37. The predicted octanol–water partition coefficient (Wildman–Crippen LogP) is 2.24. The van der Waals surface area contributed by atoms with Crippen molar-refractivity contribution < 1.29 is 33.5 Å². The van der Waals surface area contributed by atoms with E-state index in [0.29, 0.717) is 18.8 Å². The Morgan fingerprint density at radius 3 is 2.19 bits per heavy atom. The van der Waals surface area contributed by atoms with E-state index in [1.165, 1.54) is 7.11 Å². The van der Waals surface area contributed by atoms with Crippen LogP contribution in [0.3, 0.4) is 0 Å². The lowest BCUT2D eigenvalue weighted by Gasteiger charge is -2.32. The van der Waals surface area contributed by atoms with Crippen LogP contribution in [0.2, 0.25) is 0 Å². The molecule has 3 atom stereocenters. The average Bonchev–Trinajstić information content (AvgIpc) is 2.92. The number of carbonyl (C=O) groups is 2. The first-order valence-electron chi connectivity index (χ1n) is 10.3. The molecule has 1 aromatic carbocycles. The predicted molar refractivity (Wildman–Crippen MR) is 116 cm³/mol. The van der Waals surface area contributed by atoms with E-state index >= 15 is 0 Å². The third-order valence-corrected chi connectivity index (χ3v) is 5.77. The van der Waals surface area contributed by atoms with E-state index in [4.69, 9.17) is 23.9 Å². The SMILES string of the molecule is CO[C@@H](C)[C@@H](NC(=O)O)C(=O)N[C@@H](CCOc1ccccc1)B1OC(C)(C)C(C)(C)O1. The van der Waals surface area contributed by atoms with Crippen LogP contribution in [0, 0.1) is 0 Å². The third-order valence-electron chi connectivity index (χ3n) is 5.77. The summed E-state index contributed by atoms with van der Waals surface area (Å²) >= 11 is 0. The maximum absolute atomic E-state index is 12.9. The second-order valence-electron chi connectivity index (χ2n) is 8.56. The number of hydrogen-bond acceptors (Lipinski definition) is 6. The molecule has 31 heavy (non-hydrogen) atoms. The van der Waals surface area contributed by atoms with Crippen molar-refractivity contribution >= 4 is 19.1 Å². The van der Waals surface area contributed by atoms with Crippen molar-refractivity contribution in [2.24, 2.45) is 0 Å². The van der Waals surface area contributed by atoms with Gasteiger partial charge in [-0.3, -0.25) is 4.79 Å². The van der Waals surface area contributed by atoms with Gasteiger partial charge in [0.1, 0.15) is 11.8 Å². The molecule has 9 nitrogen and oxygen atoms in total. The normalized spacial score (nSPS) is 19.9. The Kier molecular flexibility index (Phi) is 8.33. The van der Waals surface area contributed by atoms with Gasteiger partial charge >= 0.3 is 13.2 Å². The van der Waals surface area contributed by atoms with Crippen LogP contribution in [0.5, 0.6) is 5.75 Å². The molecule has 1 saturated heterocycles. The summed E-state index contributed by atoms with van der Waals surface area (Å²) in [6, 6.07) is 8.23. The fourth-order valence-electron chi connectivity index (χ4n) is 3.09. The highest BCUT2D eigenvalue weighted by molar-refractivity contribution is 6.48. The molecule has 3 N–H and O–H groups in total. The van der Waals surface area contributed by atoms with Crippen LogP contribution in [0.1, 0.15) is 41.0 Å². The van der Waals surface area contributed by atoms with E-state index in [2.05, 4.69) is 10.6 Å². The van der Waals surface area contributed by atoms with Gasteiger partial charge in [-0.1, -0.05) is 18.2 Å². The molecule has 0 spiro atoms. The molecule has 1 aromatic rings. The number of benzene rings is 1. The fraction of sp³-hybridized carbons (Fsp3) is 0.619. The molecule has 1 aliphatic heterocycles. The van der Waals surface area contributed by atoms with Gasteiger partial charge in [-0.25, -0.2) is 4.79 Å². The van der Waals surface area contributed by atoms with Crippen molar-refractivity contribution in [1.29, 1.82) is 0 Å². The Morgan fingerprint density at radius 1 is 1.10 bits per heavy atom. The smallest absolute Gasteiger partial charge is 0.481 e. The molecule has 10 heteroatoms. The molecule has 172 valence electrons. The van der Waals surface area contributed by atoms with Gasteiger partial charge in [0.05, 0.1) is 29.9 Å². The molecule has 0 saturated carbocycles. The van der Waals surface area contributed by atoms with Crippen molar-refractivity contribution in [1.82, 2.24) is 10.6 Å². The van der Waals surface area contributed by atoms with Gasteiger partial charge in [-0.05, 0) is 46.8 Å². The van der Waals surface area contributed by atoms with Crippen molar-refractivity contribution in [2.45, 2.75) is 70.3 Å². The van der Waals surface area contributed by atoms with Crippen LogP contribution in [-0.2, 0) is 18.8 Å². The van der Waals surface area contributed by atoms with Crippen LogP contribution < -0.4 is 15.4 Å². The molecule has 0 unspecified atom stereocenters. The van der Waals surface area contributed by atoms with Crippen LogP contribution in [-0.4, -0.2) is 67.2 Å². The Bertz CT molecular complexity index is 729. The van der Waals surface area contributed by atoms with Gasteiger partial charge in [-0.2, -0.15) is 0 Å². The lowest BCUT2D eigenvalue weighted by atomic mass is 9.76. The standard InChI is InChI=1S/C21H33BN2O7/c1-14(28-6)17(24-19(26)27)18(25)23-16(12-13-29-15-10-8-7-9-11-15)22-30-20(2,3)21(4,5)31-22/h7-11,14,16-17,24H,12-13H2,1-6H3,(H,23,25)(H,26,27)/t14-,16-,17+/m0/s1. The summed E-state index contributed by atoms with van der Waals surface area (Å²) in [7, 11) is 0.685. The van der Waals surface area contributed by atoms with Crippen LogP contribution in [0.25, 0.3) is 0 Å². The number of carbonyl (C=O) groups excluding carboxylic acids is 1. The van der Waals surface area contributed by atoms with Crippen molar-refractivity contribution in [3.63, 3.8) is 0 Å². The second-order valence-corrected chi connectivity index (χ2v) is 8.56. The summed E-state index contributed by atoms with van der Waals surface area (Å²) in [4.78, 5) is 24.1. The third kappa shape index (κ3) is 6.59. The highest BCUT2D eigenvalue weighted by atomic mass is 16.7. The summed E-state index contributed by atoms with van der Waals surface area (Å²) in [5, 5.41) is 14.2. The lowest BCUT2D eigenvalue weighted by Crippen LogP contribution is -2.58. The average molecular weight is 436 g/mol. The highest BCUT2D eigenvalue weighted by Gasteiger charge is 2.54. The zero-order valence-electron chi connectivity index (χ0n) is 19.0. The second kappa shape index (κ2) is 10.3. The number of hydrogen-bond donors (Lipinski definition) is 3. The number of nitrogens with one attached hydrogen (secondary N) is 2. The van der Waals surface area contributed by atoms with E-state index in [9.17, 15) is 9.59 Å². The Hall–Kier alpha value is -2.30. The minimum absolute atomic E-state index is 0.301. The number of methoxy groups -OCH3 is 1. The first-order valence-corrected chi connectivity index (χ1v) is 10.3. The molecular formula is C21H33BN2O7. The van der Waals surface area contributed by atoms with E-state index in [1.807, 2.05) is 58.0 Å². The Morgan fingerprint density at radius 2 is 1.68 bits per heavy atom. The fourth-order valence-corrected chi connectivity index (χ4v) is 3.09. The number of para-hydroxylation sites is 1. The van der Waals surface area contributed by atoms with Gasteiger partial charge < -0.3 is 34.5 Å². The maximum atomic E-state index is 12.9. The molecular weight excluding hydrogens is 403 g/mol. The topological polar surface area (TPSA) is 115 Å². The zero-order chi connectivity index (χ0) is 23.2. The van der Waals surface area contributed by atoms with Gasteiger partial charge in [0.15, 0.2) is 0 Å². The minimum atomic E-state index is -1.32. The zero-order valence-corrected chi connectivity index (χ0v) is 19.0. The first kappa shape index (κ1) is 25.0. The molecule has 1 heterocycles. The van der Waals surface area contributed by atoms with Crippen LogP contribution in [0.15, 0.2) is 30.3 Å². The van der Waals surface area contributed by atoms with Gasteiger partial charge in [0.2, 0.25) is 5.91 Å². The molecule has 1 aliphatic rings. The Balaban J connectivity index is 2.14. The molecule has 0 aromatic heterocycles. The molecule has 0 bridgehead atoms. The number of carboxylic acid groups (broad SMARTS) is 1. The van der Waals surface area contributed by atoms with E-state index in [-0.39, 0.29) is 0 Å². The largest absolute Gasteiger partial charge is 0.494 e. The summed E-state index contributed by atoms with van der Waals surface area (Å²) in [5.74, 6) is -0.393. The van der Waals surface area contributed by atoms with Crippen molar-refractivity contribution in [2.75, 3.05) is 13.7 Å². The number of ether oxygens (including phenoxy) is 2. The maximum Gasteiger partial charge on any atom is 0.481 e. The van der Waals surface area contributed by atoms with E-state index < -0.39 is 48.4 Å². The molecule has 2 amide bonds. The Labute approximate surface area is 183 Å². The number of amides is 2. The number of rotatable bonds is 10. The lowest BCUT2D eigenvalue weighted by molar-refractivity contribution is -0.126. The monoisotopic (exact) mass is 436 g/mol. The van der Waals surface area contributed by atoms with Crippen molar-refractivity contribution in [3.05, 3.63) is 30.3 Å². The van der Waals surface area contributed by atoms with Crippen molar-refractivity contribution in [3.8, 4) is 5.75 Å². The van der Waals surface area contributed by atoms with E-state index in [1.54, 1.807) is 6.92 Å². The van der Waals surface area contributed by atoms with Gasteiger partial charge in [-0.15, -0.1) is 0 Å². The van der Waals surface area contributed by atoms with Gasteiger partial charge in [0.25, 0.3) is 0 Å². The van der Waals surface area contributed by atoms with E-state index in [0.717, 1.165) is 0 Å². The van der Waals surface area contributed by atoms with Gasteiger partial charge in [0, 0.05) is 13.5 Å². The molecule has 0 radical (unpaired) electrons. The molecule has 1 fully saturated rings. The summed E-state index contributed by atoms with van der Waals surface area (Å²) in [6.45, 7) is 9.61. The van der Waals surface area contributed by atoms with Crippen LogP contribution >= 0.6 is 0 Å². The molecule has 0 aliphatic carbocycles. The minimum Gasteiger partial charge on any atom is -0.494 e. The quantitative estimate of drug-likeness (QED) is 0.482. The summed E-state index contributed by atoms with van der Waals surface area (Å²) in [6.07, 6.45) is -1.60.